The van der Waals surface area contributed by atoms with E-state index >= 15 is 0 Å². The molecule has 0 spiro atoms. The van der Waals surface area contributed by atoms with Gasteiger partial charge in [-0.15, -0.1) is 0 Å². The molecule has 0 aliphatic carbocycles. The molecule has 118 valence electrons. The number of ether oxygens (including phenoxy) is 2. The molecule has 0 saturated heterocycles. The van der Waals surface area contributed by atoms with E-state index in [0.29, 0.717) is 12.4 Å². The van der Waals surface area contributed by atoms with Crippen LogP contribution in [0.5, 0.6) is 11.5 Å². The minimum atomic E-state index is -0.771. The van der Waals surface area contributed by atoms with Gasteiger partial charge in [0.05, 0.1) is 20.1 Å². The highest BCUT2D eigenvalue weighted by Gasteiger charge is 2.19. The molecule has 4 heteroatoms. The highest BCUT2D eigenvalue weighted by atomic mass is 16.5. The maximum Gasteiger partial charge on any atom is 0.303 e. The van der Waals surface area contributed by atoms with Gasteiger partial charge in [-0.1, -0.05) is 32.3 Å². The molecule has 1 N–H and O–H groups in total. The minimum absolute atomic E-state index is 0.0142. The second-order valence-electron chi connectivity index (χ2n) is 5.13. The lowest BCUT2D eigenvalue weighted by Gasteiger charge is -2.19. The van der Waals surface area contributed by atoms with Crippen LogP contribution in [0.2, 0.25) is 0 Å². The number of benzene rings is 1. The van der Waals surface area contributed by atoms with Gasteiger partial charge in [-0.05, 0) is 30.9 Å². The zero-order valence-corrected chi connectivity index (χ0v) is 13.2. The Morgan fingerprint density at radius 3 is 2.62 bits per heavy atom. The van der Waals surface area contributed by atoms with Crippen molar-refractivity contribution in [3.8, 4) is 11.5 Å². The number of carbonyl (C=O) groups is 1. The van der Waals surface area contributed by atoms with E-state index in [1.54, 1.807) is 7.11 Å². The van der Waals surface area contributed by atoms with Crippen LogP contribution in [0.3, 0.4) is 0 Å². The summed E-state index contributed by atoms with van der Waals surface area (Å²) in [6.45, 7) is 4.67. The molecule has 0 aromatic heterocycles. The van der Waals surface area contributed by atoms with E-state index in [0.717, 1.165) is 37.0 Å². The highest BCUT2D eigenvalue weighted by molar-refractivity contribution is 5.68. The maximum atomic E-state index is 11.1. The van der Waals surface area contributed by atoms with E-state index in [4.69, 9.17) is 14.6 Å². The van der Waals surface area contributed by atoms with E-state index < -0.39 is 5.97 Å². The van der Waals surface area contributed by atoms with E-state index in [-0.39, 0.29) is 12.3 Å². The van der Waals surface area contributed by atoms with Crippen molar-refractivity contribution in [3.05, 3.63) is 23.8 Å². The summed E-state index contributed by atoms with van der Waals surface area (Å²) in [5, 5.41) is 9.14. The van der Waals surface area contributed by atoms with Gasteiger partial charge < -0.3 is 14.6 Å². The van der Waals surface area contributed by atoms with Crippen LogP contribution in [-0.2, 0) is 4.79 Å². The van der Waals surface area contributed by atoms with E-state index in [1.165, 1.54) is 0 Å². The average Bonchev–Trinajstić information content (AvgIpc) is 2.46. The summed E-state index contributed by atoms with van der Waals surface area (Å²) in [6.07, 6.45) is 4.28. The van der Waals surface area contributed by atoms with Gasteiger partial charge >= 0.3 is 5.97 Å². The molecule has 4 nitrogen and oxygen atoms in total. The summed E-state index contributed by atoms with van der Waals surface area (Å²) in [5.74, 6) is 0.677. The molecule has 0 aliphatic rings. The Kier molecular flexibility index (Phi) is 7.65. The molecule has 1 aromatic carbocycles. The fourth-order valence-electron chi connectivity index (χ4n) is 2.50. The zero-order valence-electron chi connectivity index (χ0n) is 13.2. The first-order chi connectivity index (χ1) is 10.1. The number of carboxylic acid groups (broad SMARTS) is 1. The predicted octanol–water partition coefficient (Wildman–Crippen LogP) is 4.23. The monoisotopic (exact) mass is 294 g/mol. The van der Waals surface area contributed by atoms with E-state index in [9.17, 15) is 4.79 Å². The molecule has 1 rings (SSSR count). The van der Waals surface area contributed by atoms with Crippen LogP contribution in [0.25, 0.3) is 0 Å². The van der Waals surface area contributed by atoms with Gasteiger partial charge in [-0.3, -0.25) is 4.79 Å². The van der Waals surface area contributed by atoms with Gasteiger partial charge in [0.2, 0.25) is 0 Å². The smallest absolute Gasteiger partial charge is 0.303 e. The van der Waals surface area contributed by atoms with Gasteiger partial charge in [0.15, 0.2) is 0 Å². The molecule has 0 aliphatic heterocycles. The third kappa shape index (κ3) is 5.66. The number of hydrogen-bond donors (Lipinski definition) is 1. The first-order valence-electron chi connectivity index (χ1n) is 7.64. The SMILES string of the molecule is CCCCCC(CC(=O)O)c1ccc(OCC)cc1OC. The van der Waals surface area contributed by atoms with Crippen molar-refractivity contribution in [2.45, 2.75) is 51.9 Å². The normalized spacial score (nSPS) is 12.0. The lowest BCUT2D eigenvalue weighted by molar-refractivity contribution is -0.137. The molecule has 0 heterocycles. The molecular formula is C17H26O4. The zero-order chi connectivity index (χ0) is 15.7. The van der Waals surface area contributed by atoms with Gasteiger partial charge in [0.25, 0.3) is 0 Å². The molecule has 1 unspecified atom stereocenters. The number of hydrogen-bond acceptors (Lipinski definition) is 3. The maximum absolute atomic E-state index is 11.1. The van der Waals surface area contributed by atoms with Crippen molar-refractivity contribution in [3.63, 3.8) is 0 Å². The predicted molar refractivity (Wildman–Crippen MR) is 83.3 cm³/mol. The quantitative estimate of drug-likeness (QED) is 0.656. The largest absolute Gasteiger partial charge is 0.496 e. The first kappa shape index (κ1) is 17.3. The molecule has 0 amide bonds. The Labute approximate surface area is 127 Å². The van der Waals surface area contributed by atoms with Crippen molar-refractivity contribution >= 4 is 5.97 Å². The van der Waals surface area contributed by atoms with E-state index in [1.807, 2.05) is 25.1 Å². The second kappa shape index (κ2) is 9.27. The molecule has 0 radical (unpaired) electrons. The number of rotatable bonds is 10. The summed E-state index contributed by atoms with van der Waals surface area (Å²) in [6, 6.07) is 5.66. The van der Waals surface area contributed by atoms with Crippen molar-refractivity contribution in [1.29, 1.82) is 0 Å². The summed E-state index contributed by atoms with van der Waals surface area (Å²) in [7, 11) is 1.61. The molecule has 21 heavy (non-hydrogen) atoms. The fraction of sp³-hybridized carbons (Fsp3) is 0.588. The molecule has 1 atom stereocenters. The fourth-order valence-corrected chi connectivity index (χ4v) is 2.50. The summed E-state index contributed by atoms with van der Waals surface area (Å²) < 4.78 is 10.9. The van der Waals surface area contributed by atoms with Crippen LogP contribution in [0.1, 0.15) is 57.4 Å². The van der Waals surface area contributed by atoms with Crippen LogP contribution in [0.4, 0.5) is 0 Å². The van der Waals surface area contributed by atoms with Crippen LogP contribution in [0, 0.1) is 0 Å². The number of unbranched alkanes of at least 4 members (excludes halogenated alkanes) is 2. The number of aliphatic carboxylic acids is 1. The Bertz CT molecular complexity index is 442. The van der Waals surface area contributed by atoms with Crippen LogP contribution < -0.4 is 9.47 Å². The van der Waals surface area contributed by atoms with Crippen molar-refractivity contribution < 1.29 is 19.4 Å². The number of carboxylic acids is 1. The Morgan fingerprint density at radius 1 is 1.29 bits per heavy atom. The lowest BCUT2D eigenvalue weighted by Crippen LogP contribution is -2.08. The molecule has 0 bridgehead atoms. The number of methoxy groups -OCH3 is 1. The summed E-state index contributed by atoms with van der Waals surface area (Å²) in [4.78, 5) is 11.1. The lowest BCUT2D eigenvalue weighted by atomic mass is 9.89. The third-order valence-electron chi connectivity index (χ3n) is 3.53. The van der Waals surface area contributed by atoms with Crippen molar-refractivity contribution in [1.82, 2.24) is 0 Å². The van der Waals surface area contributed by atoms with Crippen LogP contribution >= 0.6 is 0 Å². The standard InChI is InChI=1S/C17H26O4/c1-4-6-7-8-13(11-17(18)19)15-10-9-14(21-5-2)12-16(15)20-3/h9-10,12-13H,4-8,11H2,1-3H3,(H,18,19). The summed E-state index contributed by atoms with van der Waals surface area (Å²) >= 11 is 0. The molecule has 0 saturated carbocycles. The van der Waals surface area contributed by atoms with Crippen LogP contribution in [0.15, 0.2) is 18.2 Å². The Balaban J connectivity index is 2.95. The van der Waals surface area contributed by atoms with Crippen molar-refractivity contribution in [2.75, 3.05) is 13.7 Å². The molecule has 0 fully saturated rings. The summed E-state index contributed by atoms with van der Waals surface area (Å²) in [5.41, 5.74) is 0.958. The van der Waals surface area contributed by atoms with Gasteiger partial charge in [-0.25, -0.2) is 0 Å². The van der Waals surface area contributed by atoms with E-state index in [2.05, 4.69) is 6.92 Å². The van der Waals surface area contributed by atoms with Gasteiger partial charge in [0.1, 0.15) is 11.5 Å². The molecular weight excluding hydrogens is 268 g/mol. The highest BCUT2D eigenvalue weighted by Crippen LogP contribution is 2.35. The van der Waals surface area contributed by atoms with Gasteiger partial charge in [-0.2, -0.15) is 0 Å². The second-order valence-corrected chi connectivity index (χ2v) is 5.13. The third-order valence-corrected chi connectivity index (χ3v) is 3.53. The first-order valence-corrected chi connectivity index (χ1v) is 7.64. The van der Waals surface area contributed by atoms with Crippen molar-refractivity contribution in [2.24, 2.45) is 0 Å². The molecule has 1 aromatic rings. The average molecular weight is 294 g/mol. The van der Waals surface area contributed by atoms with Crippen LogP contribution in [-0.4, -0.2) is 24.8 Å². The topological polar surface area (TPSA) is 55.8 Å². The Hall–Kier alpha value is -1.71. The minimum Gasteiger partial charge on any atom is -0.496 e. The van der Waals surface area contributed by atoms with Gasteiger partial charge in [0, 0.05) is 6.07 Å². The Morgan fingerprint density at radius 2 is 2.05 bits per heavy atom.